The van der Waals surface area contributed by atoms with Crippen LogP contribution < -0.4 is 5.32 Å². The van der Waals surface area contributed by atoms with E-state index in [-0.39, 0.29) is 40.7 Å². The van der Waals surface area contributed by atoms with Crippen molar-refractivity contribution in [1.29, 1.82) is 0 Å². The van der Waals surface area contributed by atoms with Crippen molar-refractivity contribution in [2.75, 3.05) is 19.3 Å². The van der Waals surface area contributed by atoms with Crippen LogP contribution in [0.3, 0.4) is 0 Å². The number of rotatable bonds is 14. The van der Waals surface area contributed by atoms with Crippen LogP contribution in [0, 0.1) is 5.41 Å². The molecule has 1 saturated heterocycles. The molecular formula is C28H49N3O4S. The van der Waals surface area contributed by atoms with Crippen LogP contribution in [-0.4, -0.2) is 69.5 Å². The lowest BCUT2D eigenvalue weighted by molar-refractivity contribution is -0.142. The Bertz CT molecular complexity index is 798. The number of Topliss-reactive ketones (excluding diaryl/α,β-unsaturated/α-hetero) is 1. The first-order valence-electron chi connectivity index (χ1n) is 13.3. The Balaban J connectivity index is 2.52. The molecule has 2 atom stereocenters. The highest BCUT2D eigenvalue weighted by molar-refractivity contribution is 8.00. The van der Waals surface area contributed by atoms with Gasteiger partial charge in [-0.15, -0.1) is 0 Å². The predicted molar refractivity (Wildman–Crippen MR) is 149 cm³/mol. The van der Waals surface area contributed by atoms with Gasteiger partial charge in [-0.2, -0.15) is 11.8 Å². The molecular weight excluding hydrogens is 474 g/mol. The summed E-state index contributed by atoms with van der Waals surface area (Å²) in [5, 5.41) is 3.01. The second-order valence-electron chi connectivity index (χ2n) is 11.8. The molecule has 1 rings (SSSR count). The summed E-state index contributed by atoms with van der Waals surface area (Å²) in [6.07, 6.45) is 5.23. The Kier molecular flexibility index (Phi) is 12.7. The van der Waals surface area contributed by atoms with E-state index in [2.05, 4.69) is 11.9 Å². The largest absolute Gasteiger partial charge is 0.354 e. The summed E-state index contributed by atoms with van der Waals surface area (Å²) in [6.45, 7) is 18.3. The summed E-state index contributed by atoms with van der Waals surface area (Å²) in [5.41, 5.74) is 0.0724. The number of thioether (sulfide) groups is 1. The van der Waals surface area contributed by atoms with E-state index < -0.39 is 11.5 Å². The van der Waals surface area contributed by atoms with Crippen LogP contribution in [0.5, 0.6) is 0 Å². The molecule has 36 heavy (non-hydrogen) atoms. The molecule has 0 aromatic rings. The van der Waals surface area contributed by atoms with Crippen molar-refractivity contribution in [1.82, 2.24) is 15.1 Å². The fraction of sp³-hybridized carbons (Fsp3) is 0.786. The van der Waals surface area contributed by atoms with Crippen LogP contribution in [0.4, 0.5) is 0 Å². The quantitative estimate of drug-likeness (QED) is 0.326. The lowest BCUT2D eigenvalue weighted by atomic mass is 9.86. The number of unbranched alkanes of at least 4 members (excludes halogenated alkanes) is 3. The molecule has 0 aliphatic carbocycles. The smallest absolute Gasteiger partial charge is 0.243 e. The number of likely N-dealkylation sites (N-methyl/N-ethyl adjacent to an activating group) is 1. The van der Waals surface area contributed by atoms with Crippen molar-refractivity contribution >= 4 is 35.3 Å². The number of carbonyl (C=O) groups excluding carboxylic acids is 4. The molecule has 0 bridgehead atoms. The van der Waals surface area contributed by atoms with E-state index in [0.29, 0.717) is 19.4 Å². The second-order valence-corrected chi connectivity index (χ2v) is 13.1. The number of nitrogens with zero attached hydrogens (tertiary/aromatic N) is 2. The standard InChI is InChI=1S/C28H49N3O4S/c1-10-11-16-29-26(35)21(18-23(32)27(3,4)5)30(9)24(33)15-13-12-14-17-36-22-19-25(34)31(20(22)2)28(6,7)8/h21-22H,2,10-19H2,1,3-9H3,(H,29,35)/t21-,22?/m0/s1. The van der Waals surface area contributed by atoms with Crippen LogP contribution in [0.15, 0.2) is 12.3 Å². The number of amides is 3. The topological polar surface area (TPSA) is 86.8 Å². The van der Waals surface area contributed by atoms with Gasteiger partial charge in [0, 0.05) is 49.5 Å². The molecule has 1 heterocycles. The Morgan fingerprint density at radius 1 is 1.11 bits per heavy atom. The van der Waals surface area contributed by atoms with Crippen molar-refractivity contribution in [3.8, 4) is 0 Å². The maximum Gasteiger partial charge on any atom is 0.243 e. The average Bonchev–Trinajstić information content (AvgIpc) is 3.05. The van der Waals surface area contributed by atoms with Gasteiger partial charge in [-0.05, 0) is 45.8 Å². The number of hydrogen-bond donors (Lipinski definition) is 1. The Labute approximate surface area is 223 Å². The van der Waals surface area contributed by atoms with Crippen molar-refractivity contribution in [3.63, 3.8) is 0 Å². The molecule has 1 aliphatic rings. The monoisotopic (exact) mass is 523 g/mol. The van der Waals surface area contributed by atoms with Crippen LogP contribution in [0.1, 0.15) is 99.8 Å². The SMILES string of the molecule is C=C1C(SCCCCCC(=O)N(C)[C@@H](CC(=O)C(C)(C)C)C(=O)NCCCC)CC(=O)N1C(C)(C)C. The minimum atomic E-state index is -0.784. The summed E-state index contributed by atoms with van der Waals surface area (Å²) in [4.78, 5) is 54.0. The molecule has 0 radical (unpaired) electrons. The van der Waals surface area contributed by atoms with E-state index in [1.165, 1.54) is 4.90 Å². The molecule has 1 N–H and O–H groups in total. The molecule has 0 saturated carbocycles. The number of ketones is 1. The Hall–Kier alpha value is -1.83. The van der Waals surface area contributed by atoms with E-state index in [1.54, 1.807) is 18.8 Å². The maximum atomic E-state index is 12.9. The van der Waals surface area contributed by atoms with Crippen molar-refractivity contribution in [2.24, 2.45) is 5.41 Å². The van der Waals surface area contributed by atoms with E-state index >= 15 is 0 Å². The third kappa shape index (κ3) is 9.91. The summed E-state index contributed by atoms with van der Waals surface area (Å²) in [5.74, 6) is 0.629. The lowest BCUT2D eigenvalue weighted by Crippen LogP contribution is -2.49. The number of hydrogen-bond acceptors (Lipinski definition) is 5. The van der Waals surface area contributed by atoms with E-state index in [0.717, 1.165) is 43.6 Å². The predicted octanol–water partition coefficient (Wildman–Crippen LogP) is 4.94. The second kappa shape index (κ2) is 14.2. The third-order valence-electron chi connectivity index (χ3n) is 6.50. The Morgan fingerprint density at radius 3 is 2.28 bits per heavy atom. The van der Waals surface area contributed by atoms with Crippen LogP contribution in [0.25, 0.3) is 0 Å². The average molecular weight is 524 g/mol. The molecule has 1 fully saturated rings. The highest BCUT2D eigenvalue weighted by Crippen LogP contribution is 2.36. The van der Waals surface area contributed by atoms with Gasteiger partial charge in [0.1, 0.15) is 11.8 Å². The van der Waals surface area contributed by atoms with Crippen molar-refractivity contribution in [2.45, 2.75) is 117 Å². The molecule has 0 aromatic heterocycles. The van der Waals surface area contributed by atoms with Gasteiger partial charge >= 0.3 is 0 Å². The molecule has 0 aromatic carbocycles. The number of nitrogens with one attached hydrogen (secondary N) is 1. The van der Waals surface area contributed by atoms with E-state index in [9.17, 15) is 19.2 Å². The summed E-state index contributed by atoms with van der Waals surface area (Å²) < 4.78 is 0. The van der Waals surface area contributed by atoms with E-state index in [1.807, 2.05) is 53.4 Å². The number of carbonyl (C=O) groups is 4. The zero-order valence-electron chi connectivity index (χ0n) is 23.9. The molecule has 8 heteroatoms. The van der Waals surface area contributed by atoms with Gasteiger partial charge in [0.05, 0.1) is 5.25 Å². The molecule has 1 unspecified atom stereocenters. The third-order valence-corrected chi connectivity index (χ3v) is 7.87. The van der Waals surface area contributed by atoms with Gasteiger partial charge < -0.3 is 15.1 Å². The highest BCUT2D eigenvalue weighted by atomic mass is 32.2. The molecule has 206 valence electrons. The minimum absolute atomic E-state index is 0.0237. The first-order chi connectivity index (χ1) is 16.6. The maximum absolute atomic E-state index is 12.9. The van der Waals surface area contributed by atoms with Crippen molar-refractivity contribution < 1.29 is 19.2 Å². The molecule has 7 nitrogen and oxygen atoms in total. The zero-order chi connectivity index (χ0) is 27.7. The van der Waals surface area contributed by atoms with Crippen LogP contribution in [0.2, 0.25) is 0 Å². The Morgan fingerprint density at radius 2 is 1.75 bits per heavy atom. The van der Waals surface area contributed by atoms with Gasteiger partial charge in [0.15, 0.2) is 0 Å². The first kappa shape index (κ1) is 32.2. The summed E-state index contributed by atoms with van der Waals surface area (Å²) in [7, 11) is 1.63. The molecule has 3 amide bonds. The fourth-order valence-electron chi connectivity index (χ4n) is 4.16. The van der Waals surface area contributed by atoms with Gasteiger partial charge in [-0.1, -0.05) is 47.1 Å². The normalized spacial score (nSPS) is 17.3. The molecule has 1 aliphatic heterocycles. The first-order valence-corrected chi connectivity index (χ1v) is 14.4. The van der Waals surface area contributed by atoms with Gasteiger partial charge in [-0.3, -0.25) is 19.2 Å². The number of likely N-dealkylation sites (tertiary alicyclic amines) is 1. The van der Waals surface area contributed by atoms with Crippen molar-refractivity contribution in [3.05, 3.63) is 12.3 Å². The molecule has 0 spiro atoms. The lowest BCUT2D eigenvalue weighted by Gasteiger charge is -2.33. The fourth-order valence-corrected chi connectivity index (χ4v) is 5.37. The van der Waals surface area contributed by atoms with Gasteiger partial charge in [0.25, 0.3) is 0 Å². The summed E-state index contributed by atoms with van der Waals surface area (Å²) in [6, 6.07) is -0.784. The summed E-state index contributed by atoms with van der Waals surface area (Å²) >= 11 is 1.76. The minimum Gasteiger partial charge on any atom is -0.354 e. The highest BCUT2D eigenvalue weighted by Gasteiger charge is 2.39. The van der Waals surface area contributed by atoms with E-state index in [4.69, 9.17) is 0 Å². The van der Waals surface area contributed by atoms with Gasteiger partial charge in [-0.25, -0.2) is 0 Å². The zero-order valence-corrected chi connectivity index (χ0v) is 24.7. The van der Waals surface area contributed by atoms with Crippen LogP contribution in [-0.2, 0) is 19.2 Å². The van der Waals surface area contributed by atoms with Crippen LogP contribution >= 0.6 is 11.8 Å². The van der Waals surface area contributed by atoms with Gasteiger partial charge in [0.2, 0.25) is 17.7 Å².